The van der Waals surface area contributed by atoms with Crippen LogP contribution < -0.4 is 5.56 Å². The number of aromatic nitrogens is 3. The van der Waals surface area contributed by atoms with Gasteiger partial charge in [-0.05, 0) is 35.4 Å². The molecule has 0 aliphatic heterocycles. The van der Waals surface area contributed by atoms with E-state index in [1.165, 1.54) is 4.68 Å². The van der Waals surface area contributed by atoms with E-state index in [0.717, 1.165) is 28.4 Å². The summed E-state index contributed by atoms with van der Waals surface area (Å²) in [5.74, 6) is 0.213. The molecule has 4 rings (SSSR count). The molecule has 0 saturated heterocycles. The Morgan fingerprint density at radius 2 is 1.71 bits per heavy atom. The van der Waals surface area contributed by atoms with Gasteiger partial charge in [-0.2, -0.15) is 5.10 Å². The summed E-state index contributed by atoms with van der Waals surface area (Å²) in [6, 6.07) is 20.1. The van der Waals surface area contributed by atoms with Crippen LogP contribution >= 0.6 is 0 Å². The first-order valence-corrected chi connectivity index (χ1v) is 15.6. The molecule has 1 N–H and O–H groups in total. The van der Waals surface area contributed by atoms with Crippen molar-refractivity contribution in [3.63, 3.8) is 0 Å². The van der Waals surface area contributed by atoms with Gasteiger partial charge in [-0.25, -0.2) is 4.68 Å². The van der Waals surface area contributed by atoms with Crippen LogP contribution in [0.3, 0.4) is 0 Å². The number of phenols is 1. The Balaban J connectivity index is 1.59. The lowest BCUT2D eigenvalue weighted by molar-refractivity contribution is 0.0651. The third kappa shape index (κ3) is 6.69. The molecule has 2 aromatic heterocycles. The van der Waals surface area contributed by atoms with Gasteiger partial charge in [-0.3, -0.25) is 4.79 Å². The Kier molecular flexibility index (Phi) is 7.85. The van der Waals surface area contributed by atoms with Gasteiger partial charge in [0.25, 0.3) is 5.56 Å². The second kappa shape index (κ2) is 11.0. The lowest BCUT2D eigenvalue weighted by Gasteiger charge is -2.15. The number of fused-ring (bicyclic) bond motifs is 1. The fourth-order valence-corrected chi connectivity index (χ4v) is 4.63. The van der Waals surface area contributed by atoms with E-state index in [-0.39, 0.29) is 24.8 Å². The summed E-state index contributed by atoms with van der Waals surface area (Å²) in [4.78, 5) is 13.2. The maximum atomic E-state index is 13.2. The Hall–Kier alpha value is -3.20. The van der Waals surface area contributed by atoms with E-state index in [4.69, 9.17) is 9.47 Å². The van der Waals surface area contributed by atoms with Crippen LogP contribution in [0, 0.1) is 0 Å². The van der Waals surface area contributed by atoms with Crippen LogP contribution in [0.1, 0.15) is 16.8 Å². The number of hydrogen-bond acceptors (Lipinski definition) is 5. The first kappa shape index (κ1) is 24.9. The molecule has 8 heteroatoms. The van der Waals surface area contributed by atoms with Crippen molar-refractivity contribution in [1.82, 2.24) is 14.3 Å². The quantitative estimate of drug-likeness (QED) is 0.236. The van der Waals surface area contributed by atoms with E-state index >= 15 is 0 Å². The normalized spacial score (nSPS) is 11.9. The molecule has 7 nitrogen and oxygen atoms in total. The van der Waals surface area contributed by atoms with Crippen LogP contribution in [0.2, 0.25) is 25.7 Å². The van der Waals surface area contributed by atoms with E-state index in [0.29, 0.717) is 25.0 Å². The largest absolute Gasteiger partial charge is 0.508 e. The minimum atomic E-state index is -1.20. The molecule has 0 fully saturated rings. The summed E-state index contributed by atoms with van der Waals surface area (Å²) in [6.45, 7) is 8.39. The zero-order valence-corrected chi connectivity index (χ0v) is 21.6. The molecule has 2 aromatic carbocycles. The molecule has 0 aliphatic rings. The summed E-state index contributed by atoms with van der Waals surface area (Å²) in [6.07, 6.45) is 2.25. The standard InChI is InChI=1S/C27H33N3O4Si/c1-35(2,3)13-12-33-20-30-27(32)25-16-23(14-22-10-7-11-24(31)15-22)29(26(25)17-28-30)19-34-18-21-8-5-4-6-9-21/h4-11,15-17,31H,12-14,18-20H2,1-3H3. The monoisotopic (exact) mass is 491 g/mol. The molecular weight excluding hydrogens is 458 g/mol. The summed E-state index contributed by atoms with van der Waals surface area (Å²) in [5, 5.41) is 14.8. The summed E-state index contributed by atoms with van der Waals surface area (Å²) < 4.78 is 15.1. The molecular formula is C27H33N3O4Si. The number of nitrogens with zero attached hydrogens (tertiary/aromatic N) is 3. The molecule has 0 unspecified atom stereocenters. The van der Waals surface area contributed by atoms with Crippen LogP contribution in [0.25, 0.3) is 10.9 Å². The highest BCUT2D eigenvalue weighted by atomic mass is 28.3. The van der Waals surface area contributed by atoms with Crippen LogP contribution in [0.5, 0.6) is 5.75 Å². The molecule has 0 spiro atoms. The van der Waals surface area contributed by atoms with E-state index < -0.39 is 8.07 Å². The maximum Gasteiger partial charge on any atom is 0.278 e. The minimum Gasteiger partial charge on any atom is -0.508 e. The summed E-state index contributed by atoms with van der Waals surface area (Å²) >= 11 is 0. The molecule has 0 bridgehead atoms. The van der Waals surface area contributed by atoms with E-state index in [1.54, 1.807) is 18.3 Å². The minimum absolute atomic E-state index is 0.136. The van der Waals surface area contributed by atoms with Gasteiger partial charge in [0.2, 0.25) is 0 Å². The average molecular weight is 492 g/mol. The molecule has 0 atom stereocenters. The molecule has 4 aromatic rings. The topological polar surface area (TPSA) is 78.5 Å². The van der Waals surface area contributed by atoms with Crippen molar-refractivity contribution in [2.45, 2.75) is 52.2 Å². The Bertz CT molecular complexity index is 1330. The van der Waals surface area contributed by atoms with Crippen molar-refractivity contribution in [3.05, 3.63) is 94.0 Å². The smallest absolute Gasteiger partial charge is 0.278 e. The Morgan fingerprint density at radius 1 is 0.943 bits per heavy atom. The Morgan fingerprint density at radius 3 is 2.46 bits per heavy atom. The maximum absolute atomic E-state index is 13.2. The van der Waals surface area contributed by atoms with Gasteiger partial charge < -0.3 is 19.1 Å². The fourth-order valence-electron chi connectivity index (χ4n) is 3.87. The van der Waals surface area contributed by atoms with E-state index in [2.05, 4.69) is 24.7 Å². The third-order valence-electron chi connectivity index (χ3n) is 5.85. The SMILES string of the molecule is C[Si](C)(C)CCOCn1ncc2c(cc(Cc3cccc(O)c3)n2COCc2ccccc2)c1=O. The molecule has 0 aliphatic carbocycles. The van der Waals surface area contributed by atoms with Crippen molar-refractivity contribution in [1.29, 1.82) is 0 Å². The third-order valence-corrected chi connectivity index (χ3v) is 7.55. The van der Waals surface area contributed by atoms with Crippen molar-refractivity contribution in [2.75, 3.05) is 6.61 Å². The number of benzene rings is 2. The second-order valence-electron chi connectivity index (χ2n) is 9.97. The van der Waals surface area contributed by atoms with Crippen molar-refractivity contribution in [3.8, 4) is 5.75 Å². The van der Waals surface area contributed by atoms with Crippen LogP contribution in [0.4, 0.5) is 0 Å². The van der Waals surface area contributed by atoms with Gasteiger partial charge in [0, 0.05) is 26.8 Å². The van der Waals surface area contributed by atoms with E-state index in [9.17, 15) is 9.90 Å². The number of rotatable bonds is 11. The average Bonchev–Trinajstić information content (AvgIpc) is 3.16. The first-order chi connectivity index (χ1) is 16.8. The fraction of sp³-hybridized carbons (Fsp3) is 0.333. The predicted octanol–water partition coefficient (Wildman–Crippen LogP) is 4.98. The van der Waals surface area contributed by atoms with Gasteiger partial charge in [0.05, 0.1) is 23.7 Å². The Labute approximate surface area is 206 Å². The first-order valence-electron chi connectivity index (χ1n) is 11.9. The van der Waals surface area contributed by atoms with Crippen LogP contribution in [-0.4, -0.2) is 34.1 Å². The zero-order chi connectivity index (χ0) is 24.8. The van der Waals surface area contributed by atoms with Gasteiger partial charge >= 0.3 is 0 Å². The molecule has 35 heavy (non-hydrogen) atoms. The van der Waals surface area contributed by atoms with Gasteiger partial charge in [-0.1, -0.05) is 62.1 Å². The van der Waals surface area contributed by atoms with Crippen LogP contribution in [0.15, 0.2) is 71.7 Å². The number of aromatic hydroxyl groups is 1. The number of ether oxygens (including phenoxy) is 2. The van der Waals surface area contributed by atoms with Gasteiger partial charge in [0.1, 0.15) is 19.2 Å². The molecule has 0 amide bonds. The molecule has 184 valence electrons. The molecule has 0 saturated carbocycles. The zero-order valence-electron chi connectivity index (χ0n) is 20.6. The van der Waals surface area contributed by atoms with Crippen LogP contribution in [-0.2, 0) is 36.0 Å². The van der Waals surface area contributed by atoms with E-state index in [1.807, 2.05) is 53.1 Å². The second-order valence-corrected chi connectivity index (χ2v) is 15.6. The van der Waals surface area contributed by atoms with Crippen molar-refractivity contribution >= 4 is 19.0 Å². The number of hydrogen-bond donors (Lipinski definition) is 1. The highest BCUT2D eigenvalue weighted by Gasteiger charge is 2.16. The van der Waals surface area contributed by atoms with Gasteiger partial charge in [-0.15, -0.1) is 0 Å². The van der Waals surface area contributed by atoms with Gasteiger partial charge in [0.15, 0.2) is 0 Å². The highest BCUT2D eigenvalue weighted by Crippen LogP contribution is 2.22. The molecule has 2 heterocycles. The predicted molar refractivity (Wildman–Crippen MR) is 140 cm³/mol. The molecule has 0 radical (unpaired) electrons. The summed E-state index contributed by atoms with van der Waals surface area (Å²) in [7, 11) is -1.20. The number of phenolic OH excluding ortho intramolecular Hbond substituents is 1. The lowest BCUT2D eigenvalue weighted by atomic mass is 10.1. The summed E-state index contributed by atoms with van der Waals surface area (Å²) in [5.41, 5.74) is 3.47. The lowest BCUT2D eigenvalue weighted by Crippen LogP contribution is -2.26. The van der Waals surface area contributed by atoms with Crippen molar-refractivity contribution in [2.24, 2.45) is 0 Å². The van der Waals surface area contributed by atoms with Crippen molar-refractivity contribution < 1.29 is 14.6 Å². The highest BCUT2D eigenvalue weighted by molar-refractivity contribution is 6.76.